The lowest BCUT2D eigenvalue weighted by atomic mass is 10.0. The van der Waals surface area contributed by atoms with Crippen LogP contribution in [0.3, 0.4) is 0 Å². The zero-order chi connectivity index (χ0) is 22.9. The fourth-order valence-corrected chi connectivity index (χ4v) is 3.67. The summed E-state index contributed by atoms with van der Waals surface area (Å²) in [6.07, 6.45) is 1.65. The van der Waals surface area contributed by atoms with E-state index >= 15 is 0 Å². The first kappa shape index (κ1) is 23.7. The molecule has 1 saturated heterocycles. The van der Waals surface area contributed by atoms with Gasteiger partial charge in [0.25, 0.3) is 0 Å². The molecule has 0 spiro atoms. The van der Waals surface area contributed by atoms with Crippen LogP contribution >= 0.6 is 11.6 Å². The molecule has 0 atom stereocenters. The van der Waals surface area contributed by atoms with Crippen molar-refractivity contribution in [3.05, 3.63) is 77.3 Å². The summed E-state index contributed by atoms with van der Waals surface area (Å²) < 4.78 is 0. The van der Waals surface area contributed by atoms with Gasteiger partial charge < -0.3 is 10.6 Å². The summed E-state index contributed by atoms with van der Waals surface area (Å²) in [5.41, 5.74) is 1.32. The quantitative estimate of drug-likeness (QED) is 0.449. The largest absolute Gasteiger partial charge is 0.352 e. The average Bonchev–Trinajstić information content (AvgIpc) is 2.80. The van der Waals surface area contributed by atoms with Gasteiger partial charge in [-0.15, -0.1) is 6.58 Å². The summed E-state index contributed by atoms with van der Waals surface area (Å²) in [5, 5.41) is 6.05. The highest BCUT2D eigenvalue weighted by molar-refractivity contribution is 6.31. The number of benzene rings is 2. The highest BCUT2D eigenvalue weighted by Gasteiger charge is 2.22. The fraction of sp³-hybridized carbons (Fsp3) is 0.292. The zero-order valence-electron chi connectivity index (χ0n) is 17.9. The molecule has 1 aliphatic rings. The number of anilines is 1. The van der Waals surface area contributed by atoms with Gasteiger partial charge in [-0.25, -0.2) is 0 Å². The van der Waals surface area contributed by atoms with Gasteiger partial charge in [-0.05, 0) is 18.2 Å². The van der Waals surface area contributed by atoms with Gasteiger partial charge in [0.1, 0.15) is 0 Å². The van der Waals surface area contributed by atoms with E-state index in [0.717, 1.165) is 0 Å². The normalized spacial score (nSPS) is 14.5. The van der Waals surface area contributed by atoms with Crippen molar-refractivity contribution in [1.82, 2.24) is 15.1 Å². The van der Waals surface area contributed by atoms with Gasteiger partial charge in [0.2, 0.25) is 11.8 Å². The molecular formula is C24H27ClN4O3. The summed E-state index contributed by atoms with van der Waals surface area (Å²) in [6, 6.07) is 13.7. The molecule has 2 N–H and O–H groups in total. The third kappa shape index (κ3) is 6.75. The average molecular weight is 455 g/mol. The predicted octanol–water partition coefficient (Wildman–Crippen LogP) is 2.43. The number of carbonyl (C=O) groups excluding carboxylic acids is 3. The first-order valence-electron chi connectivity index (χ1n) is 10.5. The van der Waals surface area contributed by atoms with Crippen LogP contribution in [0.1, 0.15) is 15.9 Å². The molecule has 0 unspecified atom stereocenters. The Labute approximate surface area is 193 Å². The molecule has 0 radical (unpaired) electrons. The number of hydrogen-bond acceptors (Lipinski definition) is 5. The van der Waals surface area contributed by atoms with E-state index < -0.39 is 0 Å². The lowest BCUT2D eigenvalue weighted by Crippen LogP contribution is -2.51. The number of halogens is 1. The summed E-state index contributed by atoms with van der Waals surface area (Å²) in [4.78, 5) is 41.5. The molecule has 1 aliphatic heterocycles. The van der Waals surface area contributed by atoms with Crippen molar-refractivity contribution < 1.29 is 14.4 Å². The Hall–Kier alpha value is -3.00. The number of carbonyl (C=O) groups is 3. The second-order valence-corrected chi connectivity index (χ2v) is 8.01. The van der Waals surface area contributed by atoms with Gasteiger partial charge in [0, 0.05) is 48.9 Å². The van der Waals surface area contributed by atoms with Crippen LogP contribution in [-0.2, 0) is 9.59 Å². The number of hydrogen-bond donors (Lipinski definition) is 2. The van der Waals surface area contributed by atoms with E-state index in [1.54, 1.807) is 48.5 Å². The molecule has 0 bridgehead atoms. The lowest BCUT2D eigenvalue weighted by Gasteiger charge is -2.33. The van der Waals surface area contributed by atoms with E-state index in [4.69, 9.17) is 11.6 Å². The van der Waals surface area contributed by atoms with Gasteiger partial charge in [-0.1, -0.05) is 48.0 Å². The van der Waals surface area contributed by atoms with Crippen molar-refractivity contribution >= 4 is 34.9 Å². The van der Waals surface area contributed by atoms with Gasteiger partial charge >= 0.3 is 0 Å². The van der Waals surface area contributed by atoms with Crippen molar-refractivity contribution in [2.45, 2.75) is 0 Å². The summed E-state index contributed by atoms with van der Waals surface area (Å²) in [5.74, 6) is -0.437. The molecule has 0 aromatic heterocycles. The zero-order valence-corrected chi connectivity index (χ0v) is 18.6. The van der Waals surface area contributed by atoms with E-state index in [0.29, 0.717) is 61.1 Å². The number of rotatable bonds is 9. The second-order valence-electron chi connectivity index (χ2n) is 7.58. The van der Waals surface area contributed by atoms with E-state index in [1.807, 2.05) is 11.0 Å². The topological polar surface area (TPSA) is 81.8 Å². The van der Waals surface area contributed by atoms with Crippen LogP contribution < -0.4 is 10.6 Å². The SMILES string of the molecule is C=CCNC(=O)CN1CCN(CC(=O)Nc2ccc(Cl)cc2C(=O)c2ccccc2)CC1. The Balaban J connectivity index is 1.55. The molecule has 7 nitrogen and oxygen atoms in total. The molecule has 1 heterocycles. The Bertz CT molecular complexity index is 972. The van der Waals surface area contributed by atoms with E-state index in [-0.39, 0.29) is 24.1 Å². The fourth-order valence-electron chi connectivity index (χ4n) is 3.50. The Morgan fingerprint density at radius 2 is 1.56 bits per heavy atom. The minimum absolute atomic E-state index is 0.0329. The molecule has 0 saturated carbocycles. The molecule has 2 aromatic rings. The van der Waals surface area contributed by atoms with Crippen molar-refractivity contribution in [1.29, 1.82) is 0 Å². The van der Waals surface area contributed by atoms with Gasteiger partial charge in [-0.2, -0.15) is 0 Å². The molecule has 0 aliphatic carbocycles. The molecule has 2 amide bonds. The molecule has 32 heavy (non-hydrogen) atoms. The highest BCUT2D eigenvalue weighted by Crippen LogP contribution is 2.24. The summed E-state index contributed by atoms with van der Waals surface area (Å²) in [7, 11) is 0. The molecular weight excluding hydrogens is 428 g/mol. The van der Waals surface area contributed by atoms with Crippen LogP contribution in [0.25, 0.3) is 0 Å². The summed E-state index contributed by atoms with van der Waals surface area (Å²) in [6.45, 7) is 7.35. The molecule has 1 fully saturated rings. The van der Waals surface area contributed by atoms with Gasteiger partial charge in [0.15, 0.2) is 5.78 Å². The van der Waals surface area contributed by atoms with E-state index in [2.05, 4.69) is 22.1 Å². The minimum atomic E-state index is -0.202. The molecule has 8 heteroatoms. The molecule has 3 rings (SSSR count). The maximum atomic E-state index is 12.9. The number of piperazine rings is 1. The maximum absolute atomic E-state index is 12.9. The third-order valence-corrected chi connectivity index (χ3v) is 5.41. The van der Waals surface area contributed by atoms with Gasteiger partial charge in [0.05, 0.1) is 18.8 Å². The van der Waals surface area contributed by atoms with E-state index in [9.17, 15) is 14.4 Å². The number of nitrogens with zero attached hydrogens (tertiary/aromatic N) is 2. The summed E-state index contributed by atoms with van der Waals surface area (Å²) >= 11 is 6.11. The molecule has 2 aromatic carbocycles. The van der Waals surface area contributed by atoms with Crippen LogP contribution in [0, 0.1) is 0 Å². The maximum Gasteiger partial charge on any atom is 0.238 e. The minimum Gasteiger partial charge on any atom is -0.352 e. The Kier molecular flexibility index (Phi) is 8.56. The number of nitrogens with one attached hydrogen (secondary N) is 2. The number of ketones is 1. The van der Waals surface area contributed by atoms with Crippen LogP contribution in [-0.4, -0.2) is 73.2 Å². The first-order chi connectivity index (χ1) is 15.5. The smallest absolute Gasteiger partial charge is 0.238 e. The second kappa shape index (κ2) is 11.6. The van der Waals surface area contributed by atoms with Gasteiger partial charge in [-0.3, -0.25) is 24.2 Å². The Morgan fingerprint density at radius 3 is 2.19 bits per heavy atom. The number of amides is 2. The Morgan fingerprint density at radius 1 is 0.938 bits per heavy atom. The first-order valence-corrected chi connectivity index (χ1v) is 10.9. The van der Waals surface area contributed by atoms with Crippen LogP contribution in [0.2, 0.25) is 5.02 Å². The molecule has 168 valence electrons. The standard InChI is InChI=1S/C24H27ClN4O3/c1-2-10-26-22(30)16-28-11-13-29(14-12-28)17-23(31)27-21-9-8-19(25)15-20(21)24(32)18-6-4-3-5-7-18/h2-9,15H,1,10-14,16-17H2,(H,26,30)(H,27,31). The van der Waals surface area contributed by atoms with Crippen molar-refractivity contribution in [3.8, 4) is 0 Å². The van der Waals surface area contributed by atoms with Crippen molar-refractivity contribution in [2.24, 2.45) is 0 Å². The van der Waals surface area contributed by atoms with Crippen molar-refractivity contribution in [2.75, 3.05) is 51.1 Å². The van der Waals surface area contributed by atoms with Crippen LogP contribution in [0.15, 0.2) is 61.2 Å². The lowest BCUT2D eigenvalue weighted by molar-refractivity contribution is -0.123. The monoisotopic (exact) mass is 454 g/mol. The highest BCUT2D eigenvalue weighted by atomic mass is 35.5. The predicted molar refractivity (Wildman–Crippen MR) is 126 cm³/mol. The van der Waals surface area contributed by atoms with Crippen LogP contribution in [0.5, 0.6) is 0 Å². The third-order valence-electron chi connectivity index (χ3n) is 5.18. The van der Waals surface area contributed by atoms with Crippen molar-refractivity contribution in [3.63, 3.8) is 0 Å². The van der Waals surface area contributed by atoms with E-state index in [1.165, 1.54) is 0 Å². The van der Waals surface area contributed by atoms with Crippen LogP contribution in [0.4, 0.5) is 5.69 Å².